The van der Waals surface area contributed by atoms with E-state index in [9.17, 15) is 24.4 Å². The van der Waals surface area contributed by atoms with Gasteiger partial charge in [-0.2, -0.15) is 0 Å². The molecule has 38 heavy (non-hydrogen) atoms. The Kier molecular flexibility index (Phi) is 8.47. The van der Waals surface area contributed by atoms with Gasteiger partial charge in [0.2, 0.25) is 0 Å². The van der Waals surface area contributed by atoms with Gasteiger partial charge in [0, 0.05) is 12.3 Å². The number of nitrogens with one attached hydrogen (secondary N) is 1. The van der Waals surface area contributed by atoms with Crippen LogP contribution in [0.4, 0.5) is 0 Å². The lowest BCUT2D eigenvalue weighted by Gasteiger charge is -2.28. The van der Waals surface area contributed by atoms with Crippen LogP contribution in [0, 0.1) is 16.1 Å². The molecular formula is C25H35N2O9PS. The SMILES string of the molecule is [2H]C([2H])(O[P@](=O)(C[C@@H](C)C(=O)OCC(C)(C)C)Oc1ccccc1)[C@H]1O[C@@H](n2ccc(=O)[nH]c2=S)C(C)(O)[C@H]1O. The molecule has 0 saturated carbocycles. The minimum absolute atomic E-state index is 0.0919. The van der Waals surface area contributed by atoms with Crippen molar-refractivity contribution in [2.45, 2.75) is 58.7 Å². The molecule has 210 valence electrons. The zero-order valence-electron chi connectivity index (χ0n) is 23.8. The number of ether oxygens (including phenoxy) is 2. The molecule has 0 bridgehead atoms. The summed E-state index contributed by atoms with van der Waals surface area (Å²) in [6.07, 6.45) is -4.58. The van der Waals surface area contributed by atoms with Crippen molar-refractivity contribution in [2.75, 3.05) is 19.3 Å². The monoisotopic (exact) mass is 572 g/mol. The molecule has 11 nitrogen and oxygen atoms in total. The van der Waals surface area contributed by atoms with Gasteiger partial charge in [0.05, 0.1) is 28.0 Å². The first-order chi connectivity index (χ1) is 18.3. The molecule has 1 fully saturated rings. The lowest BCUT2D eigenvalue weighted by atomic mass is 9.96. The van der Waals surface area contributed by atoms with Gasteiger partial charge in [0.15, 0.2) is 11.0 Å². The summed E-state index contributed by atoms with van der Waals surface area (Å²) in [7, 11) is -4.49. The van der Waals surface area contributed by atoms with E-state index in [1.807, 2.05) is 20.8 Å². The van der Waals surface area contributed by atoms with Crippen LogP contribution in [0.5, 0.6) is 5.75 Å². The Bertz CT molecular complexity index is 1360. The van der Waals surface area contributed by atoms with Gasteiger partial charge in [-0.3, -0.25) is 23.7 Å². The second kappa shape index (κ2) is 11.8. The Morgan fingerprint density at radius 3 is 2.61 bits per heavy atom. The van der Waals surface area contributed by atoms with E-state index in [1.54, 1.807) is 18.2 Å². The molecule has 3 rings (SSSR count). The maximum Gasteiger partial charge on any atom is 0.380 e. The second-order valence-corrected chi connectivity index (χ2v) is 12.9. The maximum atomic E-state index is 14.0. The smallest absolute Gasteiger partial charge is 0.380 e. The third-order valence-electron chi connectivity index (χ3n) is 5.61. The van der Waals surface area contributed by atoms with Gasteiger partial charge >= 0.3 is 13.6 Å². The zero-order valence-corrected chi connectivity index (χ0v) is 23.5. The summed E-state index contributed by atoms with van der Waals surface area (Å²) in [4.78, 5) is 26.6. The summed E-state index contributed by atoms with van der Waals surface area (Å²) in [5.41, 5.74) is -2.94. The van der Waals surface area contributed by atoms with Crippen LogP contribution in [0.3, 0.4) is 0 Å². The average molecular weight is 573 g/mol. The fourth-order valence-corrected chi connectivity index (χ4v) is 5.53. The van der Waals surface area contributed by atoms with E-state index in [4.69, 9.17) is 33.5 Å². The Labute approximate surface area is 229 Å². The number of esters is 1. The number of H-pyrrole nitrogens is 1. The van der Waals surface area contributed by atoms with E-state index >= 15 is 0 Å². The summed E-state index contributed by atoms with van der Waals surface area (Å²) in [6, 6.07) is 8.98. The summed E-state index contributed by atoms with van der Waals surface area (Å²) >= 11 is 5.13. The minimum Gasteiger partial charge on any atom is -0.465 e. The highest BCUT2D eigenvalue weighted by Crippen LogP contribution is 2.51. The molecule has 1 aromatic carbocycles. The molecule has 0 amide bonds. The molecule has 1 aliphatic rings. The number of hydrogen-bond acceptors (Lipinski definition) is 10. The fraction of sp³-hybridized carbons (Fsp3) is 0.560. The Hall–Kier alpha value is -2.34. The predicted octanol–water partition coefficient (Wildman–Crippen LogP) is 3.43. The first-order valence-corrected chi connectivity index (χ1v) is 14.1. The number of para-hydroxylation sites is 1. The van der Waals surface area contributed by atoms with Crippen LogP contribution in [0.1, 0.15) is 43.6 Å². The lowest BCUT2D eigenvalue weighted by Crippen LogP contribution is -2.44. The Morgan fingerprint density at radius 1 is 1.34 bits per heavy atom. The number of rotatable bonds is 10. The number of carbonyl (C=O) groups excluding carboxylic acids is 1. The van der Waals surface area contributed by atoms with Crippen LogP contribution in [0.15, 0.2) is 47.4 Å². The highest BCUT2D eigenvalue weighted by atomic mass is 32.1. The summed E-state index contributed by atoms with van der Waals surface area (Å²) < 4.78 is 54.3. The van der Waals surface area contributed by atoms with Crippen LogP contribution in [0.25, 0.3) is 0 Å². The first kappa shape index (κ1) is 27.2. The summed E-state index contributed by atoms with van der Waals surface area (Å²) in [5, 5.41) is 22.0. The predicted molar refractivity (Wildman–Crippen MR) is 142 cm³/mol. The number of hydrogen-bond donors (Lipinski definition) is 3. The third kappa shape index (κ3) is 7.62. The summed E-state index contributed by atoms with van der Waals surface area (Å²) in [6.45, 7) is 5.36. The molecule has 1 unspecified atom stereocenters. The highest BCUT2D eigenvalue weighted by Gasteiger charge is 2.53. The molecule has 0 aliphatic carbocycles. The number of aliphatic hydroxyl groups excluding tert-OH is 1. The molecule has 0 spiro atoms. The van der Waals surface area contributed by atoms with Crippen molar-refractivity contribution in [3.05, 3.63) is 57.7 Å². The van der Waals surface area contributed by atoms with Gasteiger partial charge in [-0.05, 0) is 36.7 Å². The van der Waals surface area contributed by atoms with Crippen molar-refractivity contribution in [1.29, 1.82) is 0 Å². The summed E-state index contributed by atoms with van der Waals surface area (Å²) in [5.74, 6) is -1.60. The van der Waals surface area contributed by atoms with Gasteiger partial charge in [0.25, 0.3) is 5.56 Å². The molecule has 13 heteroatoms. The zero-order chi connectivity index (χ0) is 30.1. The Morgan fingerprint density at radius 2 is 2.00 bits per heavy atom. The normalized spacial score (nSPS) is 27.1. The number of aromatic nitrogens is 2. The molecule has 1 aliphatic heterocycles. The van der Waals surface area contributed by atoms with Crippen LogP contribution in [-0.2, 0) is 23.4 Å². The molecule has 2 aromatic rings. The van der Waals surface area contributed by atoms with Crippen molar-refractivity contribution in [3.8, 4) is 5.75 Å². The number of nitrogens with zero attached hydrogens (tertiary/aromatic N) is 1. The molecule has 3 N–H and O–H groups in total. The van der Waals surface area contributed by atoms with Gasteiger partial charge in [-0.25, -0.2) is 4.57 Å². The highest BCUT2D eigenvalue weighted by molar-refractivity contribution is 7.71. The van der Waals surface area contributed by atoms with E-state index in [0.29, 0.717) is 0 Å². The van der Waals surface area contributed by atoms with Gasteiger partial charge in [-0.1, -0.05) is 45.9 Å². The molecule has 1 saturated heterocycles. The maximum absolute atomic E-state index is 14.0. The van der Waals surface area contributed by atoms with Crippen LogP contribution in [0.2, 0.25) is 0 Å². The number of benzene rings is 1. The quantitative estimate of drug-likeness (QED) is 0.220. The lowest BCUT2D eigenvalue weighted by molar-refractivity contribution is -0.150. The van der Waals surface area contributed by atoms with E-state index in [1.165, 1.54) is 32.2 Å². The molecular weight excluding hydrogens is 535 g/mol. The van der Waals surface area contributed by atoms with Crippen LogP contribution < -0.4 is 10.1 Å². The van der Waals surface area contributed by atoms with E-state index in [2.05, 4.69) is 4.98 Å². The largest absolute Gasteiger partial charge is 0.465 e. The molecule has 0 radical (unpaired) electrons. The minimum atomic E-state index is -4.49. The van der Waals surface area contributed by atoms with Gasteiger partial charge in [0.1, 0.15) is 23.6 Å². The average Bonchev–Trinajstić information content (AvgIpc) is 3.06. The van der Waals surface area contributed by atoms with Crippen molar-refractivity contribution >= 4 is 25.8 Å². The fourth-order valence-electron chi connectivity index (χ4n) is 3.56. The van der Waals surface area contributed by atoms with E-state index in [-0.39, 0.29) is 22.5 Å². The van der Waals surface area contributed by atoms with Crippen LogP contribution in [-0.4, -0.2) is 62.9 Å². The number of carbonyl (C=O) groups is 1. The van der Waals surface area contributed by atoms with E-state index in [0.717, 1.165) is 10.6 Å². The molecule has 1 aromatic heterocycles. The standard InChI is InChI=1S/C25H35N2O9PS/c1-16(21(30)33-15-24(2,3)4)14-37(32,36-17-9-7-6-8-10-17)34-13-18-20(29)25(5,31)22(35-18)27-12-11-19(28)26-23(27)38/h6-12,16,18,20,22,29,31H,13-15H2,1-5H3,(H,26,28,38)/t16-,18-,20+,22-,25?,37-/m1/s1/i13D2. The number of aliphatic hydroxyl groups is 2. The molecule has 6 atom stereocenters. The first-order valence-electron chi connectivity index (χ1n) is 12.9. The molecule has 2 heterocycles. The topological polar surface area (TPSA) is 149 Å². The second-order valence-electron chi connectivity index (χ2n) is 10.6. The van der Waals surface area contributed by atoms with Gasteiger partial charge in [-0.15, -0.1) is 0 Å². The van der Waals surface area contributed by atoms with Crippen molar-refractivity contribution in [3.63, 3.8) is 0 Å². The van der Waals surface area contributed by atoms with Crippen molar-refractivity contribution < 1.29 is 40.8 Å². The van der Waals surface area contributed by atoms with Crippen LogP contribution >= 0.6 is 19.8 Å². The van der Waals surface area contributed by atoms with Crippen molar-refractivity contribution in [2.24, 2.45) is 11.3 Å². The van der Waals surface area contributed by atoms with Gasteiger partial charge < -0.3 is 24.2 Å². The third-order valence-corrected chi connectivity index (χ3v) is 7.79. The number of aromatic amines is 1. The van der Waals surface area contributed by atoms with Crippen molar-refractivity contribution in [1.82, 2.24) is 9.55 Å². The van der Waals surface area contributed by atoms with E-state index < -0.39 is 61.8 Å². The Balaban J connectivity index is 1.90.